The highest BCUT2D eigenvalue weighted by atomic mass is 16.6. The lowest BCUT2D eigenvalue weighted by atomic mass is 10.2. The Balaban J connectivity index is 2.66. The monoisotopic (exact) mass is 124 g/mol. The molecule has 0 bridgehead atoms. The molecular weight excluding hydrogens is 120 g/mol. The largest absolute Gasteiger partial charge is 0.465 e. The second-order valence-electron chi connectivity index (χ2n) is 1.92. The summed E-state index contributed by atoms with van der Waals surface area (Å²) in [6.07, 6.45) is 1.41. The van der Waals surface area contributed by atoms with Crippen LogP contribution in [-0.2, 0) is 0 Å². The standard InChI is InChI=1S/C6H4O3/c1-3-5-4(2-8-3)6(7)9-5/h2H,1H3. The zero-order valence-corrected chi connectivity index (χ0v) is 4.80. The third kappa shape index (κ3) is 0.390. The van der Waals surface area contributed by atoms with Crippen LogP contribution in [0.4, 0.5) is 0 Å². The van der Waals surface area contributed by atoms with E-state index in [1.807, 2.05) is 0 Å². The molecule has 0 spiro atoms. The smallest absolute Gasteiger partial charge is 0.350 e. The molecule has 1 aliphatic heterocycles. The summed E-state index contributed by atoms with van der Waals surface area (Å²) in [5, 5.41) is 0. The number of fused-ring (bicyclic) bond motifs is 1. The Hall–Kier alpha value is -1.25. The summed E-state index contributed by atoms with van der Waals surface area (Å²) in [4.78, 5) is 10.5. The summed E-state index contributed by atoms with van der Waals surface area (Å²) >= 11 is 0. The van der Waals surface area contributed by atoms with Gasteiger partial charge in [-0.1, -0.05) is 0 Å². The molecule has 1 aliphatic rings. The number of carbonyl (C=O) groups is 1. The molecule has 0 N–H and O–H groups in total. The normalized spacial score (nSPS) is 14.1. The Bertz CT molecular complexity index is 272. The van der Waals surface area contributed by atoms with E-state index in [2.05, 4.69) is 4.74 Å². The topological polar surface area (TPSA) is 39.4 Å². The number of esters is 1. The van der Waals surface area contributed by atoms with Gasteiger partial charge in [0.05, 0.1) is 0 Å². The second kappa shape index (κ2) is 1.18. The van der Waals surface area contributed by atoms with Gasteiger partial charge in [-0.15, -0.1) is 0 Å². The highest BCUT2D eigenvalue weighted by molar-refractivity contribution is 6.01. The number of hydrogen-bond acceptors (Lipinski definition) is 3. The summed E-state index contributed by atoms with van der Waals surface area (Å²) in [5.41, 5.74) is 0.563. The molecule has 2 heterocycles. The highest BCUT2D eigenvalue weighted by Gasteiger charge is 2.30. The predicted octanol–water partition coefficient (Wildman–Crippen LogP) is 1.12. The van der Waals surface area contributed by atoms with Gasteiger partial charge in [-0.05, 0) is 6.92 Å². The Kier molecular flexibility index (Phi) is 0.605. The van der Waals surface area contributed by atoms with Gasteiger partial charge in [-0.2, -0.15) is 0 Å². The number of furan rings is 1. The van der Waals surface area contributed by atoms with Crippen LogP contribution >= 0.6 is 0 Å². The lowest BCUT2D eigenvalue weighted by Crippen LogP contribution is -2.18. The van der Waals surface area contributed by atoms with Crippen LogP contribution in [0.1, 0.15) is 16.1 Å². The summed E-state index contributed by atoms with van der Waals surface area (Å²) in [6.45, 7) is 1.76. The Morgan fingerprint density at radius 1 is 1.56 bits per heavy atom. The van der Waals surface area contributed by atoms with Crippen molar-refractivity contribution in [2.75, 3.05) is 0 Å². The van der Waals surface area contributed by atoms with Crippen molar-refractivity contribution in [1.82, 2.24) is 0 Å². The van der Waals surface area contributed by atoms with Gasteiger partial charge in [0.1, 0.15) is 17.6 Å². The lowest BCUT2D eigenvalue weighted by molar-refractivity contribution is 0.0660. The van der Waals surface area contributed by atoms with Crippen molar-refractivity contribution in [2.45, 2.75) is 6.92 Å². The maximum Gasteiger partial charge on any atom is 0.350 e. The molecule has 9 heavy (non-hydrogen) atoms. The maximum absolute atomic E-state index is 10.5. The molecule has 0 atom stereocenters. The third-order valence-corrected chi connectivity index (χ3v) is 1.33. The summed E-state index contributed by atoms with van der Waals surface area (Å²) < 4.78 is 9.50. The van der Waals surface area contributed by atoms with Crippen molar-refractivity contribution in [3.8, 4) is 5.75 Å². The van der Waals surface area contributed by atoms with Crippen LogP contribution in [0.5, 0.6) is 5.75 Å². The molecule has 3 nitrogen and oxygen atoms in total. The third-order valence-electron chi connectivity index (χ3n) is 1.33. The van der Waals surface area contributed by atoms with Gasteiger partial charge in [-0.3, -0.25) is 0 Å². The Labute approximate surface area is 51.2 Å². The van der Waals surface area contributed by atoms with E-state index >= 15 is 0 Å². The van der Waals surface area contributed by atoms with Gasteiger partial charge >= 0.3 is 5.97 Å². The molecule has 46 valence electrons. The maximum atomic E-state index is 10.5. The van der Waals surface area contributed by atoms with Crippen molar-refractivity contribution < 1.29 is 13.9 Å². The fourth-order valence-corrected chi connectivity index (χ4v) is 0.813. The lowest BCUT2D eigenvalue weighted by Gasteiger charge is -2.10. The van der Waals surface area contributed by atoms with Crippen LogP contribution in [0, 0.1) is 6.92 Å². The molecule has 0 unspecified atom stereocenters. The van der Waals surface area contributed by atoms with Crippen LogP contribution in [-0.4, -0.2) is 5.97 Å². The van der Waals surface area contributed by atoms with E-state index in [9.17, 15) is 4.79 Å². The first-order valence-corrected chi connectivity index (χ1v) is 2.59. The SMILES string of the molecule is Cc1occ2c1OC2=O. The number of aryl methyl sites for hydroxylation is 1. The molecule has 0 aliphatic carbocycles. The highest BCUT2D eigenvalue weighted by Crippen LogP contribution is 2.33. The molecule has 0 fully saturated rings. The van der Waals surface area contributed by atoms with Crippen molar-refractivity contribution in [3.63, 3.8) is 0 Å². The minimum absolute atomic E-state index is 0.290. The minimum Gasteiger partial charge on any atom is -0.465 e. The van der Waals surface area contributed by atoms with E-state index in [1.54, 1.807) is 6.92 Å². The van der Waals surface area contributed by atoms with Crippen molar-refractivity contribution >= 4 is 5.97 Å². The Morgan fingerprint density at radius 2 is 2.33 bits per heavy atom. The average Bonchev–Trinajstić information content (AvgIpc) is 2.07. The molecule has 1 aromatic rings. The van der Waals surface area contributed by atoms with E-state index in [4.69, 9.17) is 4.42 Å². The Morgan fingerprint density at radius 3 is 2.78 bits per heavy atom. The van der Waals surface area contributed by atoms with Crippen LogP contribution in [0.2, 0.25) is 0 Å². The van der Waals surface area contributed by atoms with E-state index in [0.717, 1.165) is 0 Å². The average molecular weight is 124 g/mol. The molecule has 0 radical (unpaired) electrons. The first-order valence-electron chi connectivity index (χ1n) is 2.59. The minimum atomic E-state index is -0.290. The van der Waals surface area contributed by atoms with Crippen LogP contribution in [0.3, 0.4) is 0 Å². The summed E-state index contributed by atoms with van der Waals surface area (Å²) in [6, 6.07) is 0. The predicted molar refractivity (Wildman–Crippen MR) is 28.4 cm³/mol. The fourth-order valence-electron chi connectivity index (χ4n) is 0.813. The van der Waals surface area contributed by atoms with E-state index in [-0.39, 0.29) is 5.97 Å². The molecule has 3 heteroatoms. The quantitative estimate of drug-likeness (QED) is 0.486. The first kappa shape index (κ1) is 4.61. The van der Waals surface area contributed by atoms with Crippen molar-refractivity contribution in [3.05, 3.63) is 17.6 Å². The van der Waals surface area contributed by atoms with Gasteiger partial charge in [0, 0.05) is 0 Å². The molecule has 2 rings (SSSR count). The van der Waals surface area contributed by atoms with Gasteiger partial charge in [-0.25, -0.2) is 4.79 Å². The molecule has 0 saturated carbocycles. The van der Waals surface area contributed by atoms with E-state index < -0.39 is 0 Å². The van der Waals surface area contributed by atoms with Crippen LogP contribution in [0.15, 0.2) is 10.7 Å². The molecule has 1 aromatic heterocycles. The molecule has 0 aromatic carbocycles. The second-order valence-corrected chi connectivity index (χ2v) is 1.92. The summed E-state index contributed by atoms with van der Waals surface area (Å²) in [5.74, 6) is 0.978. The van der Waals surface area contributed by atoms with Crippen LogP contribution < -0.4 is 4.74 Å². The van der Waals surface area contributed by atoms with Crippen molar-refractivity contribution in [1.29, 1.82) is 0 Å². The van der Waals surface area contributed by atoms with Crippen molar-refractivity contribution in [2.24, 2.45) is 0 Å². The molecular formula is C6H4O3. The number of hydrogen-bond donors (Lipinski definition) is 0. The van der Waals surface area contributed by atoms with Gasteiger partial charge in [0.25, 0.3) is 0 Å². The van der Waals surface area contributed by atoms with Crippen LogP contribution in [0.25, 0.3) is 0 Å². The van der Waals surface area contributed by atoms with Gasteiger partial charge in [0.2, 0.25) is 0 Å². The zero-order chi connectivity index (χ0) is 6.43. The zero-order valence-electron chi connectivity index (χ0n) is 4.80. The number of ether oxygens (including phenoxy) is 1. The molecule has 0 amide bonds. The van der Waals surface area contributed by atoms with E-state index in [1.165, 1.54) is 6.26 Å². The van der Waals surface area contributed by atoms with Gasteiger partial charge in [0.15, 0.2) is 5.75 Å². The first-order chi connectivity index (χ1) is 4.29. The van der Waals surface area contributed by atoms with E-state index in [0.29, 0.717) is 17.1 Å². The number of carbonyl (C=O) groups excluding carboxylic acids is 1. The van der Waals surface area contributed by atoms with Gasteiger partial charge < -0.3 is 9.15 Å². The summed E-state index contributed by atoms with van der Waals surface area (Å²) in [7, 11) is 0. The molecule has 0 saturated heterocycles. The fraction of sp³-hybridized carbons (Fsp3) is 0.167. The number of rotatable bonds is 0.